The van der Waals surface area contributed by atoms with Crippen molar-refractivity contribution in [3.05, 3.63) is 36.7 Å². The van der Waals surface area contributed by atoms with E-state index >= 15 is 0 Å². The first-order valence-corrected chi connectivity index (χ1v) is 6.10. The van der Waals surface area contributed by atoms with Crippen LogP contribution in [0.2, 0.25) is 0 Å². The Balaban J connectivity index is 1.93. The van der Waals surface area contributed by atoms with Crippen molar-refractivity contribution in [3.63, 3.8) is 0 Å². The Bertz CT molecular complexity index is 522. The average molecular weight is 260 g/mol. The van der Waals surface area contributed by atoms with Crippen LogP contribution >= 0.6 is 0 Å². The summed E-state index contributed by atoms with van der Waals surface area (Å²) in [6, 6.07) is 7.79. The first-order chi connectivity index (χ1) is 9.15. The van der Waals surface area contributed by atoms with Crippen molar-refractivity contribution < 1.29 is 9.90 Å². The van der Waals surface area contributed by atoms with Crippen molar-refractivity contribution in [2.24, 2.45) is 0 Å². The molecule has 0 fully saturated rings. The number of benzene rings is 1. The van der Waals surface area contributed by atoms with Crippen LogP contribution in [0.5, 0.6) is 0 Å². The molecule has 2 aromatic rings. The highest BCUT2D eigenvalue weighted by Gasteiger charge is 2.05. The number of carboxylic acids is 1. The highest BCUT2D eigenvalue weighted by molar-refractivity contribution is 5.66. The van der Waals surface area contributed by atoms with Crippen LogP contribution in [0.4, 0.5) is 5.69 Å². The fraction of sp³-hybridized carbons (Fsp3) is 0.308. The zero-order valence-corrected chi connectivity index (χ0v) is 10.7. The molecule has 2 rings (SSSR count). The van der Waals surface area contributed by atoms with Gasteiger partial charge in [-0.25, -0.2) is 0 Å². The lowest BCUT2D eigenvalue weighted by Crippen LogP contribution is -2.16. The highest BCUT2D eigenvalue weighted by atomic mass is 16.4. The fourth-order valence-electron chi connectivity index (χ4n) is 1.74. The van der Waals surface area contributed by atoms with Crippen molar-refractivity contribution in [2.45, 2.75) is 25.8 Å². The van der Waals surface area contributed by atoms with E-state index in [2.05, 4.69) is 15.5 Å². The van der Waals surface area contributed by atoms with E-state index < -0.39 is 5.97 Å². The van der Waals surface area contributed by atoms with E-state index in [4.69, 9.17) is 5.11 Å². The summed E-state index contributed by atoms with van der Waals surface area (Å²) in [6.07, 6.45) is 4.02. The molecular formula is C13H16N4O2. The normalized spacial score (nSPS) is 12.1. The Kier molecular flexibility index (Phi) is 4.12. The summed E-state index contributed by atoms with van der Waals surface area (Å²) in [7, 11) is 0. The third kappa shape index (κ3) is 3.80. The van der Waals surface area contributed by atoms with Crippen LogP contribution in [0.25, 0.3) is 5.69 Å². The molecule has 0 saturated heterocycles. The Morgan fingerprint density at radius 2 is 1.95 bits per heavy atom. The zero-order valence-electron chi connectivity index (χ0n) is 10.7. The van der Waals surface area contributed by atoms with Crippen molar-refractivity contribution in [2.75, 3.05) is 5.32 Å². The minimum Gasteiger partial charge on any atom is -0.481 e. The van der Waals surface area contributed by atoms with Crippen LogP contribution in [0, 0.1) is 0 Å². The van der Waals surface area contributed by atoms with E-state index in [1.807, 2.05) is 31.2 Å². The fourth-order valence-corrected chi connectivity index (χ4v) is 1.74. The summed E-state index contributed by atoms with van der Waals surface area (Å²) in [4.78, 5) is 12.0. The van der Waals surface area contributed by atoms with E-state index in [-0.39, 0.29) is 12.5 Å². The Morgan fingerprint density at radius 3 is 2.53 bits per heavy atom. The van der Waals surface area contributed by atoms with E-state index in [1.165, 1.54) is 4.80 Å². The second kappa shape index (κ2) is 5.99. The van der Waals surface area contributed by atoms with E-state index in [1.54, 1.807) is 12.4 Å². The second-order valence-electron chi connectivity index (χ2n) is 4.34. The molecule has 0 saturated carbocycles. The molecule has 19 heavy (non-hydrogen) atoms. The van der Waals surface area contributed by atoms with Crippen molar-refractivity contribution in [3.8, 4) is 5.69 Å². The van der Waals surface area contributed by atoms with E-state index in [0.29, 0.717) is 6.42 Å². The van der Waals surface area contributed by atoms with Gasteiger partial charge in [0.05, 0.1) is 18.1 Å². The van der Waals surface area contributed by atoms with Gasteiger partial charge in [0.1, 0.15) is 0 Å². The molecule has 1 aromatic heterocycles. The maximum atomic E-state index is 10.5. The number of rotatable bonds is 6. The largest absolute Gasteiger partial charge is 0.481 e. The summed E-state index contributed by atoms with van der Waals surface area (Å²) >= 11 is 0. The topological polar surface area (TPSA) is 80.0 Å². The van der Waals surface area contributed by atoms with Gasteiger partial charge in [0.25, 0.3) is 0 Å². The van der Waals surface area contributed by atoms with Gasteiger partial charge >= 0.3 is 5.97 Å². The predicted octanol–water partition coefficient (Wildman–Crippen LogP) is 1.93. The van der Waals surface area contributed by atoms with Gasteiger partial charge < -0.3 is 10.4 Å². The molecule has 1 heterocycles. The molecule has 0 radical (unpaired) electrons. The van der Waals surface area contributed by atoms with Gasteiger partial charge in [-0.3, -0.25) is 4.79 Å². The first kappa shape index (κ1) is 13.1. The van der Waals surface area contributed by atoms with E-state index in [9.17, 15) is 4.79 Å². The minimum atomic E-state index is -0.770. The summed E-state index contributed by atoms with van der Waals surface area (Å²) < 4.78 is 0. The highest BCUT2D eigenvalue weighted by Crippen LogP contribution is 2.14. The minimum absolute atomic E-state index is 0.116. The van der Waals surface area contributed by atoms with Gasteiger partial charge in [-0.05, 0) is 37.6 Å². The number of nitrogens with one attached hydrogen (secondary N) is 1. The van der Waals surface area contributed by atoms with Crippen LogP contribution in [0.3, 0.4) is 0 Å². The number of carboxylic acid groups (broad SMARTS) is 1. The van der Waals surface area contributed by atoms with Crippen LogP contribution in [-0.4, -0.2) is 32.1 Å². The molecule has 6 heteroatoms. The standard InChI is InChI=1S/C13H16N4O2/c1-10(2-7-13(18)19)16-11-3-5-12(6-4-11)17-14-8-9-15-17/h3-6,8-10,16H,2,7H2,1H3,(H,18,19). The quantitative estimate of drug-likeness (QED) is 0.829. The molecular weight excluding hydrogens is 244 g/mol. The lowest BCUT2D eigenvalue weighted by Gasteiger charge is -2.14. The third-order valence-corrected chi connectivity index (χ3v) is 2.72. The molecule has 1 aromatic carbocycles. The maximum Gasteiger partial charge on any atom is 0.303 e. The van der Waals surface area contributed by atoms with Crippen LogP contribution in [0.1, 0.15) is 19.8 Å². The van der Waals surface area contributed by atoms with Gasteiger partial charge in [-0.2, -0.15) is 15.0 Å². The monoisotopic (exact) mass is 260 g/mol. The summed E-state index contributed by atoms with van der Waals surface area (Å²) in [5.74, 6) is -0.770. The molecule has 2 N–H and O–H groups in total. The van der Waals surface area contributed by atoms with Crippen LogP contribution in [0.15, 0.2) is 36.7 Å². The van der Waals surface area contributed by atoms with Gasteiger partial charge in [0.2, 0.25) is 0 Å². The summed E-state index contributed by atoms with van der Waals surface area (Å²) in [5.41, 5.74) is 1.84. The predicted molar refractivity (Wildman–Crippen MR) is 71.3 cm³/mol. The molecule has 1 atom stereocenters. The Morgan fingerprint density at radius 1 is 1.32 bits per heavy atom. The number of aromatic nitrogens is 3. The Labute approximate surface area is 111 Å². The number of carbonyl (C=O) groups is 1. The smallest absolute Gasteiger partial charge is 0.303 e. The molecule has 100 valence electrons. The van der Waals surface area contributed by atoms with E-state index in [0.717, 1.165) is 11.4 Å². The number of hydrogen-bond donors (Lipinski definition) is 2. The van der Waals surface area contributed by atoms with Crippen LogP contribution < -0.4 is 5.32 Å². The van der Waals surface area contributed by atoms with Crippen molar-refractivity contribution in [1.82, 2.24) is 15.0 Å². The van der Waals surface area contributed by atoms with Gasteiger partial charge in [-0.15, -0.1) is 0 Å². The Hall–Kier alpha value is -2.37. The van der Waals surface area contributed by atoms with Crippen molar-refractivity contribution in [1.29, 1.82) is 0 Å². The average Bonchev–Trinajstić information content (AvgIpc) is 2.91. The van der Waals surface area contributed by atoms with Gasteiger partial charge in [0, 0.05) is 18.2 Å². The molecule has 0 bridgehead atoms. The molecule has 1 unspecified atom stereocenters. The molecule has 0 aliphatic carbocycles. The lowest BCUT2D eigenvalue weighted by atomic mass is 10.1. The number of nitrogens with zero attached hydrogens (tertiary/aromatic N) is 3. The van der Waals surface area contributed by atoms with Gasteiger partial charge in [-0.1, -0.05) is 0 Å². The molecule has 6 nitrogen and oxygen atoms in total. The molecule has 0 aliphatic heterocycles. The lowest BCUT2D eigenvalue weighted by molar-refractivity contribution is -0.137. The molecule has 0 spiro atoms. The van der Waals surface area contributed by atoms with Gasteiger partial charge in [0.15, 0.2) is 0 Å². The third-order valence-electron chi connectivity index (χ3n) is 2.72. The van der Waals surface area contributed by atoms with Crippen molar-refractivity contribution >= 4 is 11.7 Å². The number of aliphatic carboxylic acids is 1. The maximum absolute atomic E-state index is 10.5. The van der Waals surface area contributed by atoms with Crippen LogP contribution in [-0.2, 0) is 4.79 Å². The second-order valence-corrected chi connectivity index (χ2v) is 4.34. The zero-order chi connectivity index (χ0) is 13.7. The summed E-state index contributed by atoms with van der Waals surface area (Å²) in [5, 5.41) is 20.0. The first-order valence-electron chi connectivity index (χ1n) is 6.10. The number of anilines is 1. The molecule has 0 amide bonds. The summed E-state index contributed by atoms with van der Waals surface area (Å²) in [6.45, 7) is 1.96. The molecule has 0 aliphatic rings. The SMILES string of the molecule is CC(CCC(=O)O)Nc1ccc(-n2nccn2)cc1. The number of hydrogen-bond acceptors (Lipinski definition) is 4.